The summed E-state index contributed by atoms with van der Waals surface area (Å²) in [7, 11) is 1.75. The van der Waals surface area contributed by atoms with Crippen molar-refractivity contribution in [2.24, 2.45) is 7.05 Å². The monoisotopic (exact) mass is 274 g/mol. The van der Waals surface area contributed by atoms with Gasteiger partial charge in [-0.2, -0.15) is 0 Å². The second-order valence-corrected chi connectivity index (χ2v) is 4.68. The molecule has 106 valence electrons. The number of H-pyrrole nitrogens is 1. The highest BCUT2D eigenvalue weighted by Gasteiger charge is 2.13. The maximum Gasteiger partial charge on any atom is 0.267 e. The summed E-state index contributed by atoms with van der Waals surface area (Å²) < 4.78 is 1.67. The normalized spacial score (nSPS) is 10.5. The number of nitrogens with zero attached hydrogens (tertiary/aromatic N) is 2. The molecule has 0 spiro atoms. The van der Waals surface area contributed by atoms with Gasteiger partial charge in [-0.1, -0.05) is 0 Å². The molecular weight excluding hydrogens is 256 g/mol. The van der Waals surface area contributed by atoms with Crippen LogP contribution in [0.2, 0.25) is 0 Å². The lowest BCUT2D eigenvalue weighted by atomic mass is 10.2. The highest BCUT2D eigenvalue weighted by atomic mass is 16.2. The summed E-state index contributed by atoms with van der Waals surface area (Å²) >= 11 is 0. The number of Topliss-reactive ketones (excluding diaryl/α,β-unsaturated/α-hetero) is 1. The van der Waals surface area contributed by atoms with Crippen LogP contribution >= 0.6 is 0 Å². The Hall–Kier alpha value is -2.37. The van der Waals surface area contributed by atoms with E-state index in [-0.39, 0.29) is 11.7 Å². The van der Waals surface area contributed by atoms with Crippen molar-refractivity contribution in [1.82, 2.24) is 19.9 Å². The Morgan fingerprint density at radius 2 is 2.25 bits per heavy atom. The molecule has 0 bridgehead atoms. The first kappa shape index (κ1) is 14.0. The van der Waals surface area contributed by atoms with Gasteiger partial charge < -0.3 is 14.9 Å². The number of nitrogens with one attached hydrogen (secondary N) is 2. The predicted molar refractivity (Wildman–Crippen MR) is 74.7 cm³/mol. The summed E-state index contributed by atoms with van der Waals surface area (Å²) in [5.41, 5.74) is 1.04. The molecule has 20 heavy (non-hydrogen) atoms. The number of aromatic nitrogens is 3. The molecule has 0 saturated carbocycles. The van der Waals surface area contributed by atoms with Crippen LogP contribution in [0.15, 0.2) is 24.7 Å². The summed E-state index contributed by atoms with van der Waals surface area (Å²) in [5.74, 6) is 0.703. The number of carbonyl (C=O) groups is 2. The second kappa shape index (κ2) is 6.18. The van der Waals surface area contributed by atoms with E-state index in [1.165, 1.54) is 6.92 Å². The van der Waals surface area contributed by atoms with E-state index < -0.39 is 0 Å². The van der Waals surface area contributed by atoms with Gasteiger partial charge in [0, 0.05) is 44.2 Å². The van der Waals surface area contributed by atoms with Crippen molar-refractivity contribution in [3.63, 3.8) is 0 Å². The average molecular weight is 274 g/mol. The Kier molecular flexibility index (Phi) is 4.34. The van der Waals surface area contributed by atoms with E-state index in [4.69, 9.17) is 0 Å². The molecule has 0 aliphatic heterocycles. The van der Waals surface area contributed by atoms with E-state index in [0.717, 1.165) is 18.7 Å². The smallest absolute Gasteiger partial charge is 0.267 e. The lowest BCUT2D eigenvalue weighted by Gasteiger charge is -2.05. The summed E-state index contributed by atoms with van der Waals surface area (Å²) in [4.78, 5) is 30.4. The Bertz CT molecular complexity index is 599. The third-order valence-electron chi connectivity index (χ3n) is 3.07. The maximum absolute atomic E-state index is 12.0. The van der Waals surface area contributed by atoms with Crippen LogP contribution < -0.4 is 5.32 Å². The molecule has 6 heteroatoms. The lowest BCUT2D eigenvalue weighted by Crippen LogP contribution is -2.26. The molecule has 0 aromatic carbocycles. The third-order valence-corrected chi connectivity index (χ3v) is 3.07. The first-order valence-electron chi connectivity index (χ1n) is 6.51. The number of amides is 1. The standard InChI is InChI=1S/C14H18N4O2/c1-10(19)11-8-12(18(2)9-11)14(20)17-5-3-4-13-15-6-7-16-13/h6-9H,3-5H2,1-2H3,(H,15,16)(H,17,20). The predicted octanol–water partition coefficient (Wildman–Crippen LogP) is 1.31. The molecule has 0 aliphatic carbocycles. The highest BCUT2D eigenvalue weighted by Crippen LogP contribution is 2.08. The largest absolute Gasteiger partial charge is 0.351 e. The van der Waals surface area contributed by atoms with Crippen LogP contribution in [-0.2, 0) is 13.5 Å². The van der Waals surface area contributed by atoms with Crippen LogP contribution in [0.4, 0.5) is 0 Å². The molecule has 2 N–H and O–H groups in total. The Morgan fingerprint density at radius 1 is 1.45 bits per heavy atom. The fourth-order valence-corrected chi connectivity index (χ4v) is 1.97. The van der Waals surface area contributed by atoms with Crippen molar-refractivity contribution in [3.8, 4) is 0 Å². The van der Waals surface area contributed by atoms with Crippen molar-refractivity contribution in [1.29, 1.82) is 0 Å². The summed E-state index contributed by atoms with van der Waals surface area (Å²) in [6.07, 6.45) is 6.75. The number of imidazole rings is 1. The summed E-state index contributed by atoms with van der Waals surface area (Å²) in [5, 5.41) is 2.84. The number of aromatic amines is 1. The second-order valence-electron chi connectivity index (χ2n) is 4.68. The van der Waals surface area contributed by atoms with Crippen LogP contribution in [0.1, 0.15) is 40.0 Å². The molecule has 1 amide bonds. The van der Waals surface area contributed by atoms with E-state index >= 15 is 0 Å². The third kappa shape index (κ3) is 3.34. The van der Waals surface area contributed by atoms with Crippen molar-refractivity contribution < 1.29 is 9.59 Å². The minimum Gasteiger partial charge on any atom is -0.351 e. The van der Waals surface area contributed by atoms with Gasteiger partial charge in [0.05, 0.1) is 0 Å². The molecule has 0 saturated heterocycles. The average Bonchev–Trinajstić information content (AvgIpc) is 3.03. The molecule has 2 aromatic rings. The van der Waals surface area contributed by atoms with Crippen LogP contribution in [0, 0.1) is 0 Å². The summed E-state index contributed by atoms with van der Waals surface area (Å²) in [6, 6.07) is 1.62. The van der Waals surface area contributed by atoms with Crippen molar-refractivity contribution in [2.45, 2.75) is 19.8 Å². The van der Waals surface area contributed by atoms with Crippen LogP contribution in [0.5, 0.6) is 0 Å². The van der Waals surface area contributed by atoms with E-state index in [0.29, 0.717) is 17.8 Å². The number of aryl methyl sites for hydroxylation is 2. The molecule has 0 fully saturated rings. The minimum atomic E-state index is -0.167. The topological polar surface area (TPSA) is 79.8 Å². The first-order chi connectivity index (χ1) is 9.58. The van der Waals surface area contributed by atoms with Crippen molar-refractivity contribution >= 4 is 11.7 Å². The van der Waals surface area contributed by atoms with E-state index in [1.807, 2.05) is 0 Å². The molecule has 0 atom stereocenters. The number of rotatable bonds is 6. The lowest BCUT2D eigenvalue weighted by molar-refractivity contribution is 0.0944. The number of hydrogen-bond donors (Lipinski definition) is 2. The van der Waals surface area contributed by atoms with Gasteiger partial charge in [0.1, 0.15) is 11.5 Å². The van der Waals surface area contributed by atoms with E-state index in [2.05, 4.69) is 15.3 Å². The van der Waals surface area contributed by atoms with Gasteiger partial charge in [0.25, 0.3) is 5.91 Å². The molecular formula is C14H18N4O2. The first-order valence-corrected chi connectivity index (χ1v) is 6.51. The van der Waals surface area contributed by atoms with Crippen molar-refractivity contribution in [2.75, 3.05) is 6.54 Å². The number of carbonyl (C=O) groups excluding carboxylic acids is 2. The number of hydrogen-bond acceptors (Lipinski definition) is 3. The zero-order valence-corrected chi connectivity index (χ0v) is 11.6. The van der Waals surface area contributed by atoms with E-state index in [9.17, 15) is 9.59 Å². The van der Waals surface area contributed by atoms with Gasteiger partial charge in [-0.15, -0.1) is 0 Å². The molecule has 6 nitrogen and oxygen atoms in total. The molecule has 2 rings (SSSR count). The van der Waals surface area contributed by atoms with E-state index in [1.54, 1.807) is 36.3 Å². The zero-order chi connectivity index (χ0) is 14.5. The number of ketones is 1. The molecule has 0 aliphatic rings. The SMILES string of the molecule is CC(=O)c1cc(C(=O)NCCCc2ncc[nH]2)n(C)c1. The quantitative estimate of drug-likeness (QED) is 0.615. The van der Waals surface area contributed by atoms with Crippen LogP contribution in [0.3, 0.4) is 0 Å². The molecule has 2 heterocycles. The zero-order valence-electron chi connectivity index (χ0n) is 11.6. The molecule has 2 aromatic heterocycles. The molecule has 0 unspecified atom stereocenters. The maximum atomic E-state index is 12.0. The summed E-state index contributed by atoms with van der Waals surface area (Å²) in [6.45, 7) is 2.06. The Labute approximate surface area is 117 Å². The Balaban J connectivity index is 1.84. The highest BCUT2D eigenvalue weighted by molar-refractivity contribution is 5.99. The van der Waals surface area contributed by atoms with Gasteiger partial charge in [0.2, 0.25) is 0 Å². The van der Waals surface area contributed by atoms with Gasteiger partial charge in [-0.3, -0.25) is 9.59 Å². The fourth-order valence-electron chi connectivity index (χ4n) is 1.97. The van der Waals surface area contributed by atoms with Gasteiger partial charge in [0.15, 0.2) is 5.78 Å². The van der Waals surface area contributed by atoms with Crippen molar-refractivity contribution in [3.05, 3.63) is 41.7 Å². The van der Waals surface area contributed by atoms with Gasteiger partial charge in [-0.25, -0.2) is 4.98 Å². The van der Waals surface area contributed by atoms with Crippen LogP contribution in [0.25, 0.3) is 0 Å². The molecule has 0 radical (unpaired) electrons. The fraction of sp³-hybridized carbons (Fsp3) is 0.357. The van der Waals surface area contributed by atoms with Crippen LogP contribution in [-0.4, -0.2) is 32.8 Å². The van der Waals surface area contributed by atoms with Gasteiger partial charge >= 0.3 is 0 Å². The minimum absolute atomic E-state index is 0.0440. The van der Waals surface area contributed by atoms with Gasteiger partial charge in [-0.05, 0) is 19.4 Å². The Morgan fingerprint density at radius 3 is 2.85 bits per heavy atom.